The first-order chi connectivity index (χ1) is 14.0. The van der Waals surface area contributed by atoms with Crippen molar-refractivity contribution in [2.75, 3.05) is 7.11 Å². The molecule has 0 saturated carbocycles. The maximum Gasteiger partial charge on any atom is 0.180 e. The van der Waals surface area contributed by atoms with Crippen LogP contribution in [0.1, 0.15) is 22.3 Å². The molecule has 29 heavy (non-hydrogen) atoms. The summed E-state index contributed by atoms with van der Waals surface area (Å²) in [6.45, 7) is 2.97. The first kappa shape index (κ1) is 21.4. The van der Waals surface area contributed by atoms with Gasteiger partial charge in [-0.2, -0.15) is 0 Å². The third kappa shape index (κ3) is 5.63. The number of benzene rings is 3. The van der Waals surface area contributed by atoms with Gasteiger partial charge in [0.05, 0.1) is 12.1 Å². The lowest BCUT2D eigenvalue weighted by atomic mass is 10.1. The van der Waals surface area contributed by atoms with E-state index in [0.29, 0.717) is 33.1 Å². The van der Waals surface area contributed by atoms with Crippen LogP contribution in [0.2, 0.25) is 10.0 Å². The van der Waals surface area contributed by atoms with Gasteiger partial charge in [-0.15, -0.1) is 0 Å². The van der Waals surface area contributed by atoms with Crippen molar-refractivity contribution in [3.8, 4) is 11.5 Å². The number of methoxy groups -OCH3 is 1. The molecule has 0 spiro atoms. The Labute approximate surface area is 186 Å². The van der Waals surface area contributed by atoms with E-state index in [2.05, 4.69) is 36.5 Å². The van der Waals surface area contributed by atoms with Crippen molar-refractivity contribution < 1.29 is 9.47 Å². The van der Waals surface area contributed by atoms with Crippen molar-refractivity contribution in [3.63, 3.8) is 0 Å². The monoisotopic (exact) mass is 445 g/mol. The molecule has 0 atom stereocenters. The molecule has 0 radical (unpaired) electrons. The van der Waals surface area contributed by atoms with Crippen molar-refractivity contribution in [1.82, 2.24) is 5.32 Å². The Kier molecular flexibility index (Phi) is 7.37. The molecular weight excluding hydrogens is 425 g/mol. The molecule has 3 aromatic carbocycles. The highest BCUT2D eigenvalue weighted by Crippen LogP contribution is 2.37. The van der Waals surface area contributed by atoms with Gasteiger partial charge >= 0.3 is 0 Å². The zero-order valence-corrected chi connectivity index (χ0v) is 18.5. The highest BCUT2D eigenvalue weighted by atomic mass is 35.5. The molecule has 0 bridgehead atoms. The zero-order chi connectivity index (χ0) is 20.8. The molecule has 0 amide bonds. The van der Waals surface area contributed by atoms with E-state index in [1.165, 1.54) is 5.56 Å². The fourth-order valence-electron chi connectivity index (χ4n) is 2.75. The molecule has 0 fully saturated rings. The first-order valence-electron chi connectivity index (χ1n) is 9.05. The Morgan fingerprint density at radius 2 is 1.72 bits per heavy atom. The van der Waals surface area contributed by atoms with E-state index >= 15 is 0 Å². The van der Waals surface area contributed by atoms with E-state index in [1.807, 2.05) is 30.3 Å². The van der Waals surface area contributed by atoms with Crippen molar-refractivity contribution in [3.05, 3.63) is 93.0 Å². The summed E-state index contributed by atoms with van der Waals surface area (Å²) in [5.74, 6) is 0.971. The van der Waals surface area contributed by atoms with Gasteiger partial charge in [0.1, 0.15) is 11.6 Å². The number of halogens is 2. The Morgan fingerprint density at radius 3 is 2.41 bits per heavy atom. The molecule has 0 heterocycles. The molecule has 3 nitrogen and oxygen atoms in total. The van der Waals surface area contributed by atoms with E-state index in [-0.39, 0.29) is 6.61 Å². The second-order valence-corrected chi connectivity index (χ2v) is 7.76. The van der Waals surface area contributed by atoms with E-state index in [9.17, 15) is 0 Å². The van der Waals surface area contributed by atoms with Crippen LogP contribution in [0.25, 0.3) is 0 Å². The van der Waals surface area contributed by atoms with Gasteiger partial charge in [-0.25, -0.2) is 0 Å². The third-order valence-electron chi connectivity index (χ3n) is 4.40. The van der Waals surface area contributed by atoms with E-state index in [0.717, 1.165) is 16.7 Å². The van der Waals surface area contributed by atoms with E-state index < -0.39 is 0 Å². The Hall–Kier alpha value is -2.27. The number of thiocarbonyl (C=S) groups is 1. The number of aryl methyl sites for hydroxylation is 1. The van der Waals surface area contributed by atoms with Gasteiger partial charge in [0.2, 0.25) is 0 Å². The first-order valence-corrected chi connectivity index (χ1v) is 10.2. The topological polar surface area (TPSA) is 30.5 Å². The fourth-order valence-corrected chi connectivity index (χ4v) is 3.39. The van der Waals surface area contributed by atoms with Crippen LogP contribution >= 0.6 is 35.4 Å². The van der Waals surface area contributed by atoms with Crippen LogP contribution < -0.4 is 14.8 Å². The largest absolute Gasteiger partial charge is 0.493 e. The van der Waals surface area contributed by atoms with Gasteiger partial charge in [-0.1, -0.05) is 83.4 Å². The Bertz CT molecular complexity index is 1010. The average Bonchev–Trinajstić information content (AvgIpc) is 2.72. The Balaban J connectivity index is 1.72. The molecule has 0 unspecified atom stereocenters. The minimum absolute atomic E-state index is 0.283. The number of hydrogen-bond donors (Lipinski definition) is 1. The summed E-state index contributed by atoms with van der Waals surface area (Å²) in [6, 6.07) is 19.4. The van der Waals surface area contributed by atoms with Gasteiger partial charge in [0.15, 0.2) is 11.5 Å². The molecule has 3 aromatic rings. The molecule has 0 aliphatic carbocycles. The molecular formula is C23H21Cl2NO2S. The van der Waals surface area contributed by atoms with Crippen molar-refractivity contribution in [2.24, 2.45) is 0 Å². The highest BCUT2D eigenvalue weighted by Gasteiger charge is 2.15. The molecule has 0 aromatic heterocycles. The minimum Gasteiger partial charge on any atom is -0.493 e. The highest BCUT2D eigenvalue weighted by molar-refractivity contribution is 7.80. The molecule has 6 heteroatoms. The van der Waals surface area contributed by atoms with Crippen LogP contribution in [0.5, 0.6) is 11.5 Å². The van der Waals surface area contributed by atoms with Crippen LogP contribution in [0.4, 0.5) is 0 Å². The van der Waals surface area contributed by atoms with Crippen molar-refractivity contribution in [2.45, 2.75) is 20.1 Å². The predicted octanol–water partition coefficient (Wildman–Crippen LogP) is 6.35. The summed E-state index contributed by atoms with van der Waals surface area (Å²) < 4.78 is 11.4. The number of ether oxygens (including phenoxy) is 2. The lowest BCUT2D eigenvalue weighted by Gasteiger charge is -2.16. The van der Waals surface area contributed by atoms with Crippen molar-refractivity contribution >= 4 is 40.4 Å². The van der Waals surface area contributed by atoms with Gasteiger partial charge < -0.3 is 14.8 Å². The number of nitrogens with one attached hydrogen (secondary N) is 1. The molecule has 150 valence electrons. The summed E-state index contributed by atoms with van der Waals surface area (Å²) >= 11 is 18.2. The summed E-state index contributed by atoms with van der Waals surface area (Å²) in [5, 5.41) is 4.32. The number of rotatable bonds is 7. The summed E-state index contributed by atoms with van der Waals surface area (Å²) in [6.07, 6.45) is 0. The lowest BCUT2D eigenvalue weighted by molar-refractivity contribution is 0.285. The predicted molar refractivity (Wildman–Crippen MR) is 124 cm³/mol. The van der Waals surface area contributed by atoms with Crippen LogP contribution in [0.15, 0.2) is 60.7 Å². The van der Waals surface area contributed by atoms with E-state index in [1.54, 1.807) is 13.2 Å². The second-order valence-electron chi connectivity index (χ2n) is 6.54. The van der Waals surface area contributed by atoms with Gasteiger partial charge in [-0.3, -0.25) is 0 Å². The van der Waals surface area contributed by atoms with Crippen LogP contribution in [-0.4, -0.2) is 12.1 Å². The van der Waals surface area contributed by atoms with Gasteiger partial charge in [0, 0.05) is 22.7 Å². The Morgan fingerprint density at radius 1 is 1.00 bits per heavy atom. The number of hydrogen-bond acceptors (Lipinski definition) is 3. The summed E-state index contributed by atoms with van der Waals surface area (Å²) in [7, 11) is 1.57. The normalized spacial score (nSPS) is 10.5. The van der Waals surface area contributed by atoms with Gasteiger partial charge in [-0.05, 0) is 30.7 Å². The average molecular weight is 446 g/mol. The minimum atomic E-state index is 0.283. The molecule has 3 rings (SSSR count). The summed E-state index contributed by atoms with van der Waals surface area (Å²) in [4.78, 5) is 0.587. The van der Waals surface area contributed by atoms with Crippen LogP contribution in [0, 0.1) is 6.92 Å². The quantitative estimate of drug-likeness (QED) is 0.428. The smallest absolute Gasteiger partial charge is 0.180 e. The van der Waals surface area contributed by atoms with Crippen molar-refractivity contribution in [1.29, 1.82) is 0 Å². The van der Waals surface area contributed by atoms with E-state index in [4.69, 9.17) is 44.9 Å². The summed E-state index contributed by atoms with van der Waals surface area (Å²) in [5.41, 5.74) is 4.00. The molecule has 1 N–H and O–H groups in total. The zero-order valence-electron chi connectivity index (χ0n) is 16.2. The van der Waals surface area contributed by atoms with Gasteiger partial charge in [0.25, 0.3) is 0 Å². The molecule has 0 aliphatic heterocycles. The molecule has 0 saturated heterocycles. The maximum absolute atomic E-state index is 6.47. The van der Waals surface area contributed by atoms with Crippen LogP contribution in [-0.2, 0) is 13.2 Å². The SMILES string of the molecule is COc1cc(C(=S)NCc2ccc(C)cc2)cc(Cl)c1OCc1ccccc1Cl. The second kappa shape index (κ2) is 9.97. The third-order valence-corrected chi connectivity index (χ3v) is 5.42. The maximum atomic E-state index is 6.47. The fraction of sp³-hybridized carbons (Fsp3) is 0.174. The molecule has 0 aliphatic rings. The lowest BCUT2D eigenvalue weighted by Crippen LogP contribution is -2.21. The standard InChI is InChI=1S/C23H21Cl2NO2S/c1-15-7-9-16(10-8-15)13-26-23(29)18-11-20(25)22(21(12-18)27-2)28-14-17-5-3-4-6-19(17)24/h3-12H,13-14H2,1-2H3,(H,26,29). The van der Waals surface area contributed by atoms with Crippen LogP contribution in [0.3, 0.4) is 0 Å².